The van der Waals surface area contributed by atoms with Crippen molar-refractivity contribution in [1.29, 1.82) is 0 Å². The van der Waals surface area contributed by atoms with Crippen molar-refractivity contribution in [3.63, 3.8) is 0 Å². The van der Waals surface area contributed by atoms with E-state index in [0.29, 0.717) is 49.2 Å². The van der Waals surface area contributed by atoms with E-state index in [2.05, 4.69) is 5.32 Å². The molecule has 0 saturated carbocycles. The van der Waals surface area contributed by atoms with Crippen molar-refractivity contribution in [3.05, 3.63) is 42.0 Å². The van der Waals surface area contributed by atoms with Gasteiger partial charge in [0.05, 0.1) is 39.9 Å². The maximum atomic E-state index is 12.9. The highest BCUT2D eigenvalue weighted by Crippen LogP contribution is 2.34. The maximum Gasteiger partial charge on any atom is 0.243 e. The molecule has 0 radical (unpaired) electrons. The van der Waals surface area contributed by atoms with E-state index in [9.17, 15) is 13.2 Å². The number of nitrogens with zero attached hydrogens (tertiary/aromatic N) is 2. The Morgan fingerprint density at radius 3 is 2.00 bits per heavy atom. The molecule has 1 N–H and O–H groups in total. The summed E-state index contributed by atoms with van der Waals surface area (Å²) in [5.41, 5.74) is 0.754. The van der Waals surface area contributed by atoms with Gasteiger partial charge in [-0.15, -0.1) is 0 Å². The van der Waals surface area contributed by atoms with Crippen molar-refractivity contribution in [2.24, 2.45) is 0 Å². The molecular weight excluding hydrogens is 462 g/mol. The molecule has 10 nitrogen and oxygen atoms in total. The van der Waals surface area contributed by atoms with Crippen LogP contribution in [-0.2, 0) is 21.4 Å². The summed E-state index contributed by atoms with van der Waals surface area (Å²) in [6, 6.07) is 9.80. The highest BCUT2D eigenvalue weighted by molar-refractivity contribution is 7.89. The smallest absolute Gasteiger partial charge is 0.243 e. The van der Waals surface area contributed by atoms with Crippen LogP contribution < -0.4 is 24.3 Å². The molecule has 1 aliphatic heterocycles. The molecular formula is C23H31N3O7S. The van der Waals surface area contributed by atoms with Crippen LogP contribution in [-0.4, -0.2) is 84.7 Å². The van der Waals surface area contributed by atoms with Crippen LogP contribution >= 0.6 is 0 Å². The number of nitrogens with one attached hydrogen (secondary N) is 1. The first-order chi connectivity index (χ1) is 16.3. The predicted molar refractivity (Wildman–Crippen MR) is 126 cm³/mol. The topological polar surface area (TPSA) is 107 Å². The number of carbonyl (C=O) groups excluding carboxylic acids is 1. The van der Waals surface area contributed by atoms with Gasteiger partial charge < -0.3 is 24.3 Å². The fraction of sp³-hybridized carbons (Fsp3) is 0.435. The van der Waals surface area contributed by atoms with Crippen LogP contribution in [0.4, 0.5) is 0 Å². The number of benzene rings is 2. The van der Waals surface area contributed by atoms with E-state index < -0.39 is 10.0 Å². The lowest BCUT2D eigenvalue weighted by molar-refractivity contribution is -0.122. The number of piperazine rings is 1. The molecule has 3 rings (SSSR count). The lowest BCUT2D eigenvalue weighted by Crippen LogP contribution is -2.50. The Morgan fingerprint density at radius 2 is 1.44 bits per heavy atom. The van der Waals surface area contributed by atoms with E-state index in [1.807, 2.05) is 4.90 Å². The molecule has 1 aliphatic rings. The van der Waals surface area contributed by atoms with Gasteiger partial charge in [0, 0.05) is 44.4 Å². The molecule has 1 amide bonds. The van der Waals surface area contributed by atoms with E-state index in [1.165, 1.54) is 23.5 Å². The van der Waals surface area contributed by atoms with Crippen molar-refractivity contribution >= 4 is 15.9 Å². The summed E-state index contributed by atoms with van der Waals surface area (Å²) in [6.45, 7) is 1.97. The molecule has 34 heavy (non-hydrogen) atoms. The van der Waals surface area contributed by atoms with Gasteiger partial charge in [0.25, 0.3) is 0 Å². The number of rotatable bonds is 10. The average molecular weight is 494 g/mol. The summed E-state index contributed by atoms with van der Waals surface area (Å²) in [7, 11) is 2.57. The van der Waals surface area contributed by atoms with Gasteiger partial charge in [-0.2, -0.15) is 4.31 Å². The Labute approximate surface area is 200 Å². The number of methoxy groups -OCH3 is 4. The quantitative estimate of drug-likeness (QED) is 0.529. The fourth-order valence-corrected chi connectivity index (χ4v) is 5.13. The number of hydrogen-bond acceptors (Lipinski definition) is 8. The van der Waals surface area contributed by atoms with Gasteiger partial charge in [0.1, 0.15) is 11.5 Å². The number of hydrogen-bond donors (Lipinski definition) is 1. The first-order valence-electron chi connectivity index (χ1n) is 10.7. The molecule has 0 spiro atoms. The van der Waals surface area contributed by atoms with Crippen molar-refractivity contribution < 1.29 is 32.2 Å². The van der Waals surface area contributed by atoms with E-state index >= 15 is 0 Å². The van der Waals surface area contributed by atoms with E-state index in [-0.39, 0.29) is 23.9 Å². The second-order valence-corrected chi connectivity index (χ2v) is 9.59. The molecule has 2 aromatic rings. The van der Waals surface area contributed by atoms with Crippen molar-refractivity contribution in [3.8, 4) is 23.0 Å². The fourth-order valence-electron chi connectivity index (χ4n) is 3.71. The second kappa shape index (κ2) is 11.4. The standard InChI is InChI=1S/C23H31N3O7S/c1-30-18-5-7-19(8-6-18)34(28,29)26-11-9-25(10-12-26)16-23(27)24-15-17-13-21(32-3)22(33-4)14-20(17)31-2/h5-8,13-14H,9-12,15-16H2,1-4H3,(H,24,27). The molecule has 0 aromatic heterocycles. The summed E-state index contributed by atoms with van der Waals surface area (Å²) in [6.07, 6.45) is 0. The summed E-state index contributed by atoms with van der Waals surface area (Å²) >= 11 is 0. The Morgan fingerprint density at radius 1 is 0.853 bits per heavy atom. The molecule has 1 fully saturated rings. The monoisotopic (exact) mass is 493 g/mol. The maximum absolute atomic E-state index is 12.9. The molecule has 1 heterocycles. The van der Waals surface area contributed by atoms with Crippen LogP contribution in [0.3, 0.4) is 0 Å². The van der Waals surface area contributed by atoms with Gasteiger partial charge in [0.2, 0.25) is 15.9 Å². The number of ether oxygens (including phenoxy) is 4. The third-order valence-corrected chi connectivity index (χ3v) is 7.57. The minimum atomic E-state index is -3.59. The largest absolute Gasteiger partial charge is 0.497 e. The van der Waals surface area contributed by atoms with Gasteiger partial charge in [-0.25, -0.2) is 8.42 Å². The molecule has 11 heteroatoms. The molecule has 0 atom stereocenters. The van der Waals surface area contributed by atoms with Crippen LogP contribution in [0.1, 0.15) is 5.56 Å². The van der Waals surface area contributed by atoms with E-state index in [0.717, 1.165) is 5.56 Å². The summed E-state index contributed by atoms with van der Waals surface area (Å²) < 4.78 is 48.3. The van der Waals surface area contributed by atoms with Crippen molar-refractivity contribution in [1.82, 2.24) is 14.5 Å². The first kappa shape index (κ1) is 25.6. The van der Waals surface area contributed by atoms with Crippen molar-refractivity contribution in [2.75, 3.05) is 61.2 Å². The van der Waals surface area contributed by atoms with Gasteiger partial charge in [-0.05, 0) is 30.3 Å². The highest BCUT2D eigenvalue weighted by atomic mass is 32.2. The lowest BCUT2D eigenvalue weighted by Gasteiger charge is -2.33. The van der Waals surface area contributed by atoms with Crippen LogP contribution in [0, 0.1) is 0 Å². The molecule has 0 bridgehead atoms. The van der Waals surface area contributed by atoms with Crippen LogP contribution in [0.15, 0.2) is 41.3 Å². The number of sulfonamides is 1. The third kappa shape index (κ3) is 5.91. The second-order valence-electron chi connectivity index (χ2n) is 7.65. The Kier molecular flexibility index (Phi) is 8.59. The lowest BCUT2D eigenvalue weighted by atomic mass is 10.1. The van der Waals surface area contributed by atoms with Gasteiger partial charge in [-0.3, -0.25) is 9.69 Å². The number of amides is 1. The SMILES string of the molecule is COc1ccc(S(=O)(=O)N2CCN(CC(=O)NCc3cc(OC)c(OC)cc3OC)CC2)cc1. The zero-order valence-electron chi connectivity index (χ0n) is 19.9. The Balaban J connectivity index is 1.53. The van der Waals surface area contributed by atoms with Crippen LogP contribution in [0.5, 0.6) is 23.0 Å². The highest BCUT2D eigenvalue weighted by Gasteiger charge is 2.29. The number of carbonyl (C=O) groups is 1. The summed E-state index contributed by atoms with van der Waals surface area (Å²) in [5.74, 6) is 2.10. The minimum absolute atomic E-state index is 0.164. The van der Waals surface area contributed by atoms with Crippen LogP contribution in [0.2, 0.25) is 0 Å². The summed E-state index contributed by atoms with van der Waals surface area (Å²) in [5, 5.41) is 2.89. The summed E-state index contributed by atoms with van der Waals surface area (Å²) in [4.78, 5) is 14.7. The zero-order valence-corrected chi connectivity index (χ0v) is 20.7. The van der Waals surface area contributed by atoms with Gasteiger partial charge in [-0.1, -0.05) is 0 Å². The molecule has 0 aliphatic carbocycles. The predicted octanol–water partition coefficient (Wildman–Crippen LogP) is 1.34. The Hall–Kier alpha value is -3.02. The molecule has 186 valence electrons. The molecule has 0 unspecified atom stereocenters. The van der Waals surface area contributed by atoms with E-state index in [4.69, 9.17) is 18.9 Å². The third-order valence-electron chi connectivity index (χ3n) is 5.66. The average Bonchev–Trinajstić information content (AvgIpc) is 2.87. The van der Waals surface area contributed by atoms with E-state index in [1.54, 1.807) is 45.6 Å². The van der Waals surface area contributed by atoms with Gasteiger partial charge >= 0.3 is 0 Å². The minimum Gasteiger partial charge on any atom is -0.497 e. The first-order valence-corrected chi connectivity index (χ1v) is 12.2. The molecule has 1 saturated heterocycles. The van der Waals surface area contributed by atoms with Crippen LogP contribution in [0.25, 0.3) is 0 Å². The Bertz CT molecular complexity index is 1080. The normalized spacial score (nSPS) is 14.9. The zero-order chi connectivity index (χ0) is 24.7. The van der Waals surface area contributed by atoms with Gasteiger partial charge in [0.15, 0.2) is 11.5 Å². The van der Waals surface area contributed by atoms with Crippen molar-refractivity contribution in [2.45, 2.75) is 11.4 Å². The molecule has 2 aromatic carbocycles.